The highest BCUT2D eigenvalue weighted by Crippen LogP contribution is 2.38. The highest BCUT2D eigenvalue weighted by Gasteiger charge is 2.34. The van der Waals surface area contributed by atoms with E-state index in [-0.39, 0.29) is 22.7 Å². The summed E-state index contributed by atoms with van der Waals surface area (Å²) in [6.07, 6.45) is 0.0917. The van der Waals surface area contributed by atoms with Crippen LogP contribution in [0.5, 0.6) is 0 Å². The van der Waals surface area contributed by atoms with Crippen molar-refractivity contribution >= 4 is 56.3 Å². The molecule has 0 spiro atoms. The molecule has 0 radical (unpaired) electrons. The molecule has 0 saturated carbocycles. The second-order valence-corrected chi connectivity index (χ2v) is 9.27. The minimum absolute atomic E-state index is 0.135. The number of alkyl halides is 3. The summed E-state index contributed by atoms with van der Waals surface area (Å²) < 4.78 is 50.0. The summed E-state index contributed by atoms with van der Waals surface area (Å²) in [6, 6.07) is 4.32. The van der Waals surface area contributed by atoms with Crippen molar-refractivity contribution in [1.29, 1.82) is 0 Å². The van der Waals surface area contributed by atoms with Crippen molar-refractivity contribution in [3.63, 3.8) is 0 Å². The molecule has 34 heavy (non-hydrogen) atoms. The van der Waals surface area contributed by atoms with Crippen LogP contribution in [0.3, 0.4) is 0 Å². The number of anilines is 2. The van der Waals surface area contributed by atoms with Gasteiger partial charge in [-0.2, -0.15) is 13.2 Å². The number of aryl methyl sites for hydroxylation is 1. The van der Waals surface area contributed by atoms with E-state index in [4.69, 9.17) is 21.4 Å². The third-order valence-corrected chi connectivity index (χ3v) is 6.85. The Labute approximate surface area is 202 Å². The van der Waals surface area contributed by atoms with Crippen molar-refractivity contribution in [2.45, 2.75) is 45.2 Å². The van der Waals surface area contributed by atoms with E-state index in [0.29, 0.717) is 22.3 Å². The van der Waals surface area contributed by atoms with Crippen LogP contribution in [0.1, 0.15) is 52.5 Å². The van der Waals surface area contributed by atoms with Crippen molar-refractivity contribution in [3.8, 4) is 0 Å². The first-order chi connectivity index (χ1) is 16.2. The zero-order valence-electron chi connectivity index (χ0n) is 18.1. The molecule has 6 nitrogen and oxygen atoms in total. The first-order valence-corrected chi connectivity index (χ1v) is 11.9. The van der Waals surface area contributed by atoms with E-state index in [9.17, 15) is 22.8 Å². The van der Waals surface area contributed by atoms with Gasteiger partial charge in [0, 0.05) is 28.1 Å². The molecule has 0 bridgehead atoms. The molecule has 1 aliphatic carbocycles. The Morgan fingerprint density at radius 1 is 1.18 bits per heavy atom. The fourth-order valence-electron chi connectivity index (χ4n) is 3.99. The number of carbonyl (C=O) groups excluding carboxylic acids is 1. The topological polar surface area (TPSA) is 80.6 Å². The van der Waals surface area contributed by atoms with Crippen LogP contribution in [0.4, 0.5) is 23.9 Å². The number of rotatable bonds is 4. The SMILES string of the molecule is CCOC(=O)c1c(NC(=S)Nc2ccc3c(C(F)(F)F)cc(=O)oc3c2)sc2c1CCCCC2. The zero-order chi connectivity index (χ0) is 24.5. The number of hydrogen-bond donors (Lipinski definition) is 2. The molecule has 4 rings (SSSR count). The van der Waals surface area contributed by atoms with Gasteiger partial charge in [-0.1, -0.05) is 6.42 Å². The van der Waals surface area contributed by atoms with Crippen LogP contribution in [0, 0.1) is 0 Å². The van der Waals surface area contributed by atoms with Crippen molar-refractivity contribution in [1.82, 2.24) is 0 Å². The third-order valence-electron chi connectivity index (χ3n) is 5.44. The molecule has 2 N–H and O–H groups in total. The molecule has 1 aliphatic rings. The zero-order valence-corrected chi connectivity index (χ0v) is 19.8. The number of esters is 1. The van der Waals surface area contributed by atoms with Gasteiger partial charge in [0.25, 0.3) is 0 Å². The van der Waals surface area contributed by atoms with Crippen molar-refractivity contribution in [3.05, 3.63) is 56.3 Å². The Balaban J connectivity index is 1.61. The van der Waals surface area contributed by atoms with E-state index in [1.807, 2.05) is 0 Å². The van der Waals surface area contributed by atoms with E-state index >= 15 is 0 Å². The Kier molecular flexibility index (Phi) is 6.94. The van der Waals surface area contributed by atoms with Crippen LogP contribution in [0.15, 0.2) is 33.5 Å². The standard InChI is InChI=1S/C23H21F3N2O4S2/c1-2-31-21(30)19-14-6-4-3-5-7-17(14)34-20(19)28-22(33)27-12-8-9-13-15(23(24,25)26)11-18(29)32-16(13)10-12/h8-11H,2-7H2,1H3,(H2,27,28,33). The van der Waals surface area contributed by atoms with E-state index < -0.39 is 23.3 Å². The lowest BCUT2D eigenvalue weighted by Crippen LogP contribution is -2.20. The van der Waals surface area contributed by atoms with Gasteiger partial charge in [-0.3, -0.25) is 0 Å². The maximum Gasteiger partial charge on any atom is 0.417 e. The number of carbonyl (C=O) groups is 1. The second kappa shape index (κ2) is 9.75. The molecule has 0 atom stereocenters. The number of nitrogens with one attached hydrogen (secondary N) is 2. The van der Waals surface area contributed by atoms with Gasteiger partial charge in [-0.25, -0.2) is 9.59 Å². The van der Waals surface area contributed by atoms with Gasteiger partial charge < -0.3 is 19.8 Å². The summed E-state index contributed by atoms with van der Waals surface area (Å²) >= 11 is 6.84. The number of halogens is 3. The van der Waals surface area contributed by atoms with Crippen LogP contribution in [-0.4, -0.2) is 17.7 Å². The number of hydrogen-bond acceptors (Lipinski definition) is 6. The average Bonchev–Trinajstić information content (AvgIpc) is 2.92. The van der Waals surface area contributed by atoms with E-state index in [1.165, 1.54) is 29.5 Å². The van der Waals surface area contributed by atoms with Crippen LogP contribution in [0.25, 0.3) is 11.0 Å². The van der Waals surface area contributed by atoms with Gasteiger partial charge >= 0.3 is 17.8 Å². The first kappa shape index (κ1) is 24.2. The van der Waals surface area contributed by atoms with E-state index in [1.54, 1.807) is 6.92 Å². The second-order valence-electron chi connectivity index (χ2n) is 7.76. The van der Waals surface area contributed by atoms with E-state index in [2.05, 4.69) is 10.6 Å². The van der Waals surface area contributed by atoms with Gasteiger partial charge in [-0.05, 0) is 62.5 Å². The van der Waals surface area contributed by atoms with Crippen LogP contribution >= 0.6 is 23.6 Å². The Bertz CT molecular complexity index is 1310. The fourth-order valence-corrected chi connectivity index (χ4v) is 5.56. The lowest BCUT2D eigenvalue weighted by atomic mass is 10.1. The summed E-state index contributed by atoms with van der Waals surface area (Å²) in [5.74, 6) is -0.417. The molecule has 180 valence electrons. The largest absolute Gasteiger partial charge is 0.462 e. The number of thiophene rings is 1. The van der Waals surface area contributed by atoms with Crippen LogP contribution in [0.2, 0.25) is 0 Å². The summed E-state index contributed by atoms with van der Waals surface area (Å²) in [7, 11) is 0. The molecule has 0 fully saturated rings. The van der Waals surface area contributed by atoms with Crippen LogP contribution in [-0.2, 0) is 23.8 Å². The Morgan fingerprint density at radius 2 is 1.94 bits per heavy atom. The highest BCUT2D eigenvalue weighted by molar-refractivity contribution is 7.80. The molecule has 0 unspecified atom stereocenters. The van der Waals surface area contributed by atoms with E-state index in [0.717, 1.165) is 42.5 Å². The summed E-state index contributed by atoms with van der Waals surface area (Å²) in [4.78, 5) is 25.4. The number of fused-ring (bicyclic) bond motifs is 2. The minimum Gasteiger partial charge on any atom is -0.462 e. The maximum atomic E-state index is 13.3. The number of thiocarbonyl (C=S) groups is 1. The molecule has 3 aromatic rings. The molecule has 2 heterocycles. The van der Waals surface area contributed by atoms with Gasteiger partial charge in [0.2, 0.25) is 0 Å². The Morgan fingerprint density at radius 3 is 2.68 bits per heavy atom. The summed E-state index contributed by atoms with van der Waals surface area (Å²) in [5.41, 5.74) is -0.599. The van der Waals surface area contributed by atoms with Gasteiger partial charge in [0.1, 0.15) is 10.6 Å². The fraction of sp³-hybridized carbons (Fsp3) is 0.348. The first-order valence-electron chi connectivity index (χ1n) is 10.7. The average molecular weight is 511 g/mol. The number of ether oxygens (including phenoxy) is 1. The summed E-state index contributed by atoms with van der Waals surface area (Å²) in [6.45, 7) is 1.98. The van der Waals surface area contributed by atoms with Crippen molar-refractivity contribution in [2.24, 2.45) is 0 Å². The molecular weight excluding hydrogens is 489 g/mol. The maximum absolute atomic E-state index is 13.3. The Hall–Kier alpha value is -2.92. The lowest BCUT2D eigenvalue weighted by molar-refractivity contribution is -0.136. The van der Waals surface area contributed by atoms with Crippen LogP contribution < -0.4 is 16.3 Å². The predicted molar refractivity (Wildman–Crippen MR) is 129 cm³/mol. The van der Waals surface area contributed by atoms with Gasteiger partial charge in [0.15, 0.2) is 5.11 Å². The lowest BCUT2D eigenvalue weighted by Gasteiger charge is -2.13. The number of benzene rings is 1. The molecule has 1 aromatic carbocycles. The quantitative estimate of drug-likeness (QED) is 0.189. The van der Waals surface area contributed by atoms with Gasteiger partial charge in [-0.15, -0.1) is 11.3 Å². The molecule has 11 heteroatoms. The molecule has 0 aliphatic heterocycles. The molecule has 0 saturated heterocycles. The molecule has 0 amide bonds. The normalized spacial score (nSPS) is 13.8. The van der Waals surface area contributed by atoms with Gasteiger partial charge in [0.05, 0.1) is 17.7 Å². The third kappa shape index (κ3) is 5.10. The predicted octanol–water partition coefficient (Wildman–Crippen LogP) is 6.13. The minimum atomic E-state index is -4.69. The van der Waals surface area contributed by atoms with Crippen molar-refractivity contribution < 1.29 is 27.1 Å². The smallest absolute Gasteiger partial charge is 0.417 e. The molecular formula is C23H21F3N2O4S2. The summed E-state index contributed by atoms with van der Waals surface area (Å²) in [5, 5.41) is 6.39. The van der Waals surface area contributed by atoms with Crippen molar-refractivity contribution in [2.75, 3.05) is 17.2 Å². The highest BCUT2D eigenvalue weighted by atomic mass is 32.1. The molecule has 2 aromatic heterocycles. The monoisotopic (exact) mass is 510 g/mol.